The normalized spacial score (nSPS) is 12.3. The highest BCUT2D eigenvalue weighted by Gasteiger charge is 2.27. The topological polar surface area (TPSA) is 131 Å². The Morgan fingerprint density at radius 3 is 2.65 bits per heavy atom. The fourth-order valence-corrected chi connectivity index (χ4v) is 2.52. The monoisotopic (exact) mass is 365 g/mol. The van der Waals surface area contributed by atoms with Gasteiger partial charge in [-0.3, -0.25) is 14.2 Å². The number of carbonyl (C=O) groups excluding carboxylic acids is 2. The van der Waals surface area contributed by atoms with Crippen LogP contribution in [0.4, 0.5) is 5.95 Å². The molecule has 26 heavy (non-hydrogen) atoms. The third-order valence-corrected chi connectivity index (χ3v) is 3.86. The maximum atomic E-state index is 12.4. The van der Waals surface area contributed by atoms with E-state index in [1.807, 2.05) is 13.8 Å². The van der Waals surface area contributed by atoms with Crippen LogP contribution in [0.25, 0.3) is 11.2 Å². The largest absolute Gasteiger partial charge is 0.369 e. The minimum Gasteiger partial charge on any atom is -0.369 e. The van der Waals surface area contributed by atoms with Gasteiger partial charge in [-0.05, 0) is 19.8 Å². The zero-order chi connectivity index (χ0) is 19.3. The van der Waals surface area contributed by atoms with Crippen LogP contribution in [0.3, 0.4) is 0 Å². The van der Waals surface area contributed by atoms with Crippen LogP contribution in [0.2, 0.25) is 0 Å². The standard InChI is InChI=1S/C16H23N5O5/c1-4-7-11(22)10(5-2)15(24)26-21-8-18-13-12(21)14(23)19-16(17)20(13)9-25-6-3/h8,10H,4-7,9H2,1-3H3,(H2,17,19,23). The average molecular weight is 365 g/mol. The molecule has 0 saturated carbocycles. The maximum Gasteiger partial charge on any atom is 0.343 e. The number of hydrogen-bond acceptors (Lipinski definition) is 8. The summed E-state index contributed by atoms with van der Waals surface area (Å²) in [5.41, 5.74) is 5.19. The molecule has 0 aromatic carbocycles. The first-order valence-electron chi connectivity index (χ1n) is 8.50. The van der Waals surface area contributed by atoms with Gasteiger partial charge in [-0.15, -0.1) is 0 Å². The molecule has 10 heteroatoms. The molecule has 0 spiro atoms. The number of nitrogens with zero attached hydrogens (tertiary/aromatic N) is 4. The SMILES string of the molecule is CCCC(=O)C(CC)C(=O)On1cnc2c1c(=O)nc(N)n2COCC. The van der Waals surface area contributed by atoms with Crippen LogP contribution in [-0.2, 0) is 21.1 Å². The molecule has 2 aromatic heterocycles. The predicted octanol–water partition coefficient (Wildman–Crippen LogP) is 0.520. The molecule has 10 nitrogen and oxygen atoms in total. The Hall–Kier alpha value is -2.75. The summed E-state index contributed by atoms with van der Waals surface area (Å²) in [5.74, 6) is -1.88. The van der Waals surface area contributed by atoms with Crippen molar-refractivity contribution in [1.82, 2.24) is 19.3 Å². The number of ketones is 1. The molecule has 0 amide bonds. The van der Waals surface area contributed by atoms with Crippen LogP contribution in [-0.4, -0.2) is 37.6 Å². The smallest absolute Gasteiger partial charge is 0.343 e. The van der Waals surface area contributed by atoms with Gasteiger partial charge in [0, 0.05) is 13.0 Å². The number of imidazole rings is 1. The quantitative estimate of drug-likeness (QED) is 0.636. The second-order valence-corrected chi connectivity index (χ2v) is 5.66. The zero-order valence-corrected chi connectivity index (χ0v) is 15.1. The minimum absolute atomic E-state index is 0.0453. The van der Waals surface area contributed by atoms with Gasteiger partial charge in [-0.1, -0.05) is 13.8 Å². The summed E-state index contributed by atoms with van der Waals surface area (Å²) in [5, 5.41) is 0. The van der Waals surface area contributed by atoms with Crippen molar-refractivity contribution in [3.8, 4) is 0 Å². The van der Waals surface area contributed by atoms with Crippen LogP contribution in [0, 0.1) is 5.92 Å². The van der Waals surface area contributed by atoms with Gasteiger partial charge in [0.15, 0.2) is 11.2 Å². The molecule has 2 aromatic rings. The summed E-state index contributed by atoms with van der Waals surface area (Å²) in [7, 11) is 0. The Morgan fingerprint density at radius 2 is 2.04 bits per heavy atom. The van der Waals surface area contributed by atoms with Crippen molar-refractivity contribution in [1.29, 1.82) is 0 Å². The van der Waals surface area contributed by atoms with E-state index in [1.54, 1.807) is 6.92 Å². The van der Waals surface area contributed by atoms with Crippen LogP contribution in [0.5, 0.6) is 0 Å². The number of ether oxygens (including phenoxy) is 1. The lowest BCUT2D eigenvalue weighted by Gasteiger charge is -2.13. The van der Waals surface area contributed by atoms with Crippen molar-refractivity contribution in [2.45, 2.75) is 46.8 Å². The summed E-state index contributed by atoms with van der Waals surface area (Å²) in [6.07, 6.45) is 2.41. The van der Waals surface area contributed by atoms with Crippen LogP contribution in [0.1, 0.15) is 40.0 Å². The fourth-order valence-electron chi connectivity index (χ4n) is 2.52. The Bertz CT molecular complexity index is 857. The van der Waals surface area contributed by atoms with Crippen molar-refractivity contribution >= 4 is 28.9 Å². The van der Waals surface area contributed by atoms with E-state index in [4.69, 9.17) is 15.3 Å². The summed E-state index contributed by atoms with van der Waals surface area (Å²) >= 11 is 0. The van der Waals surface area contributed by atoms with Crippen molar-refractivity contribution in [2.24, 2.45) is 5.92 Å². The van der Waals surface area contributed by atoms with Crippen molar-refractivity contribution in [3.63, 3.8) is 0 Å². The molecule has 0 aliphatic rings. The lowest BCUT2D eigenvalue weighted by Crippen LogP contribution is -2.33. The number of Topliss-reactive ketones (excluding diaryl/α,β-unsaturated/α-hetero) is 1. The first kappa shape index (κ1) is 19.6. The third-order valence-electron chi connectivity index (χ3n) is 3.86. The second kappa shape index (κ2) is 8.56. The number of rotatable bonds is 9. The lowest BCUT2D eigenvalue weighted by atomic mass is 9.98. The number of hydrogen-bond donors (Lipinski definition) is 1. The lowest BCUT2D eigenvalue weighted by molar-refractivity contribution is -0.152. The summed E-state index contributed by atoms with van der Waals surface area (Å²) in [4.78, 5) is 49.6. The van der Waals surface area contributed by atoms with Gasteiger partial charge in [-0.25, -0.2) is 9.78 Å². The second-order valence-electron chi connectivity index (χ2n) is 5.66. The molecule has 0 saturated heterocycles. The fraction of sp³-hybridized carbons (Fsp3) is 0.562. The highest BCUT2D eigenvalue weighted by Crippen LogP contribution is 2.13. The van der Waals surface area contributed by atoms with E-state index >= 15 is 0 Å². The Balaban J connectivity index is 2.37. The molecule has 1 unspecified atom stereocenters. The van der Waals surface area contributed by atoms with Crippen molar-refractivity contribution in [2.75, 3.05) is 12.3 Å². The van der Waals surface area contributed by atoms with E-state index in [0.29, 0.717) is 19.4 Å². The molecule has 0 fully saturated rings. The van der Waals surface area contributed by atoms with Crippen molar-refractivity contribution in [3.05, 3.63) is 16.7 Å². The highest BCUT2D eigenvalue weighted by molar-refractivity contribution is 5.99. The number of anilines is 1. The summed E-state index contributed by atoms with van der Waals surface area (Å²) < 4.78 is 7.61. The summed E-state index contributed by atoms with van der Waals surface area (Å²) in [6, 6.07) is 0. The zero-order valence-electron chi connectivity index (χ0n) is 15.1. The first-order chi connectivity index (χ1) is 12.4. The molecular weight excluding hydrogens is 342 g/mol. The van der Waals surface area contributed by atoms with Gasteiger partial charge in [0.2, 0.25) is 5.95 Å². The molecule has 0 aliphatic heterocycles. The highest BCUT2D eigenvalue weighted by atomic mass is 16.7. The Labute approximate surface area is 149 Å². The van der Waals surface area contributed by atoms with E-state index < -0.39 is 17.4 Å². The number of nitrogens with two attached hydrogens (primary N) is 1. The van der Waals surface area contributed by atoms with Gasteiger partial charge < -0.3 is 15.3 Å². The number of aromatic nitrogens is 4. The molecule has 2 heterocycles. The molecular formula is C16H23N5O5. The Morgan fingerprint density at radius 1 is 1.31 bits per heavy atom. The predicted molar refractivity (Wildman–Crippen MR) is 93.1 cm³/mol. The molecule has 0 bridgehead atoms. The molecule has 1 atom stereocenters. The number of nitrogen functional groups attached to an aromatic ring is 1. The Kier molecular flexibility index (Phi) is 6.45. The van der Waals surface area contributed by atoms with Crippen molar-refractivity contribution < 1.29 is 19.2 Å². The van der Waals surface area contributed by atoms with Gasteiger partial charge in [-0.2, -0.15) is 9.71 Å². The van der Waals surface area contributed by atoms with E-state index in [0.717, 1.165) is 4.73 Å². The van der Waals surface area contributed by atoms with E-state index in [2.05, 4.69) is 9.97 Å². The molecule has 2 rings (SSSR count). The van der Waals surface area contributed by atoms with E-state index in [9.17, 15) is 14.4 Å². The van der Waals surface area contributed by atoms with E-state index in [1.165, 1.54) is 10.9 Å². The number of carbonyl (C=O) groups is 2. The third kappa shape index (κ3) is 3.90. The molecule has 2 N–H and O–H groups in total. The average Bonchev–Trinajstić information content (AvgIpc) is 2.99. The number of fused-ring (bicyclic) bond motifs is 1. The maximum absolute atomic E-state index is 12.4. The first-order valence-corrected chi connectivity index (χ1v) is 8.50. The summed E-state index contributed by atoms with van der Waals surface area (Å²) in [6.45, 7) is 5.87. The molecule has 0 radical (unpaired) electrons. The van der Waals surface area contributed by atoms with Crippen LogP contribution in [0.15, 0.2) is 11.1 Å². The minimum atomic E-state index is -0.889. The van der Waals surface area contributed by atoms with Gasteiger partial charge in [0.1, 0.15) is 24.8 Å². The van der Waals surface area contributed by atoms with E-state index in [-0.39, 0.29) is 36.0 Å². The van der Waals surface area contributed by atoms with Gasteiger partial charge >= 0.3 is 11.5 Å². The molecule has 142 valence electrons. The van der Waals surface area contributed by atoms with Crippen LogP contribution < -0.4 is 16.1 Å². The molecule has 0 aliphatic carbocycles. The van der Waals surface area contributed by atoms with Crippen LogP contribution >= 0.6 is 0 Å². The van der Waals surface area contributed by atoms with Gasteiger partial charge in [0.25, 0.3) is 0 Å². The van der Waals surface area contributed by atoms with Gasteiger partial charge in [0.05, 0.1) is 0 Å².